The number of aryl methyl sites for hydroxylation is 1. The van der Waals surface area contributed by atoms with Gasteiger partial charge >= 0.3 is 0 Å². The molecule has 1 saturated heterocycles. The topological polar surface area (TPSA) is 67.4 Å². The Labute approximate surface area is 148 Å². The first kappa shape index (κ1) is 17.4. The lowest BCUT2D eigenvalue weighted by Gasteiger charge is -2.27. The van der Waals surface area contributed by atoms with Gasteiger partial charge in [-0.25, -0.2) is 9.97 Å². The zero-order valence-corrected chi connectivity index (χ0v) is 14.6. The lowest BCUT2D eigenvalue weighted by Crippen LogP contribution is -2.37. The Kier molecular flexibility index (Phi) is 5.95. The third kappa shape index (κ3) is 4.76. The van der Waals surface area contributed by atoms with Gasteiger partial charge in [-0.2, -0.15) is 0 Å². The summed E-state index contributed by atoms with van der Waals surface area (Å²) in [5.41, 5.74) is 2.43. The van der Waals surface area contributed by atoms with Crippen LogP contribution >= 0.6 is 0 Å². The molecule has 3 rings (SSSR count). The van der Waals surface area contributed by atoms with E-state index in [0.717, 1.165) is 31.0 Å². The smallest absolute Gasteiger partial charge is 0.274 e. The number of carbonyl (C=O) groups is 1. The minimum absolute atomic E-state index is 0.224. The summed E-state index contributed by atoms with van der Waals surface area (Å²) in [6.07, 6.45) is 4.86. The molecule has 0 spiro atoms. The zero-order valence-electron chi connectivity index (χ0n) is 14.6. The van der Waals surface area contributed by atoms with E-state index in [1.807, 2.05) is 12.1 Å². The fraction of sp³-hybridized carbons (Fsp3) is 0.421. The monoisotopic (exact) mass is 340 g/mol. The Balaban J connectivity index is 1.64. The van der Waals surface area contributed by atoms with Crippen molar-refractivity contribution in [2.45, 2.75) is 26.2 Å². The molecule has 0 saturated carbocycles. The van der Waals surface area contributed by atoms with E-state index < -0.39 is 0 Å². The van der Waals surface area contributed by atoms with Crippen LogP contribution in [0.3, 0.4) is 0 Å². The van der Waals surface area contributed by atoms with Crippen LogP contribution in [0.2, 0.25) is 0 Å². The van der Waals surface area contributed by atoms with Gasteiger partial charge in [-0.1, -0.05) is 25.5 Å². The van der Waals surface area contributed by atoms with Crippen LogP contribution < -0.4 is 10.2 Å². The fourth-order valence-corrected chi connectivity index (χ4v) is 2.77. The molecule has 1 amide bonds. The second-order valence-electron chi connectivity index (χ2n) is 6.12. The van der Waals surface area contributed by atoms with Crippen molar-refractivity contribution < 1.29 is 9.53 Å². The van der Waals surface area contributed by atoms with Crippen molar-refractivity contribution in [1.29, 1.82) is 0 Å². The third-order valence-electron chi connectivity index (χ3n) is 4.25. The van der Waals surface area contributed by atoms with E-state index in [2.05, 4.69) is 39.2 Å². The lowest BCUT2D eigenvalue weighted by atomic mass is 10.1. The van der Waals surface area contributed by atoms with Gasteiger partial charge in [-0.3, -0.25) is 4.79 Å². The second-order valence-corrected chi connectivity index (χ2v) is 6.12. The standard InChI is InChI=1S/C19H24N4O2/c1-2-3-4-15-5-7-16(8-6-15)22-19(24)17-13-18(21-14-20-17)23-9-11-25-12-10-23/h5-8,13-14H,2-4,9-12H2,1H3,(H,22,24). The van der Waals surface area contributed by atoms with Gasteiger partial charge in [0.15, 0.2) is 0 Å². The normalized spacial score (nSPS) is 14.4. The van der Waals surface area contributed by atoms with Crippen molar-refractivity contribution in [2.75, 3.05) is 36.5 Å². The molecule has 6 nitrogen and oxygen atoms in total. The van der Waals surface area contributed by atoms with Crippen molar-refractivity contribution in [2.24, 2.45) is 0 Å². The van der Waals surface area contributed by atoms with Gasteiger partial charge in [-0.05, 0) is 30.5 Å². The highest BCUT2D eigenvalue weighted by atomic mass is 16.5. The first-order valence-electron chi connectivity index (χ1n) is 8.81. The quantitative estimate of drug-likeness (QED) is 0.876. The maximum absolute atomic E-state index is 12.5. The summed E-state index contributed by atoms with van der Waals surface area (Å²) in [7, 11) is 0. The average molecular weight is 340 g/mol. The number of hydrogen-bond acceptors (Lipinski definition) is 5. The molecule has 2 heterocycles. The van der Waals surface area contributed by atoms with Crippen LogP contribution in [0.4, 0.5) is 11.5 Å². The molecule has 2 aromatic rings. The number of ether oxygens (including phenoxy) is 1. The summed E-state index contributed by atoms with van der Waals surface area (Å²) in [6.45, 7) is 5.09. The third-order valence-corrected chi connectivity index (χ3v) is 4.25. The van der Waals surface area contributed by atoms with E-state index in [4.69, 9.17) is 4.74 Å². The SMILES string of the molecule is CCCCc1ccc(NC(=O)c2cc(N3CCOCC3)ncn2)cc1. The van der Waals surface area contributed by atoms with Gasteiger partial charge in [0.1, 0.15) is 17.8 Å². The van der Waals surface area contributed by atoms with Gasteiger partial charge in [0.05, 0.1) is 13.2 Å². The number of unbranched alkanes of at least 4 members (excludes halogenated alkanes) is 1. The number of rotatable bonds is 6. The number of carbonyl (C=O) groups excluding carboxylic acids is 1. The highest BCUT2D eigenvalue weighted by molar-refractivity contribution is 6.03. The first-order valence-corrected chi connectivity index (χ1v) is 8.81. The fourth-order valence-electron chi connectivity index (χ4n) is 2.77. The van der Waals surface area contributed by atoms with Gasteiger partial charge in [0.25, 0.3) is 5.91 Å². The number of nitrogens with zero attached hydrogens (tertiary/aromatic N) is 3. The van der Waals surface area contributed by atoms with E-state index in [9.17, 15) is 4.79 Å². The molecule has 1 N–H and O–H groups in total. The van der Waals surface area contributed by atoms with E-state index in [0.29, 0.717) is 18.9 Å². The number of hydrogen-bond donors (Lipinski definition) is 1. The molecule has 1 aromatic heterocycles. The number of amides is 1. The summed E-state index contributed by atoms with van der Waals surface area (Å²) in [6, 6.07) is 9.73. The highest BCUT2D eigenvalue weighted by Gasteiger charge is 2.15. The van der Waals surface area contributed by atoms with Gasteiger partial charge in [0.2, 0.25) is 0 Å². The maximum atomic E-state index is 12.5. The molecular weight excluding hydrogens is 316 g/mol. The Morgan fingerprint density at radius 3 is 2.68 bits per heavy atom. The molecular formula is C19H24N4O2. The predicted octanol–water partition coefficient (Wildman–Crippen LogP) is 2.91. The van der Waals surface area contributed by atoms with Gasteiger partial charge < -0.3 is 15.0 Å². The summed E-state index contributed by atoms with van der Waals surface area (Å²) in [4.78, 5) is 22.9. The average Bonchev–Trinajstić information content (AvgIpc) is 2.68. The summed E-state index contributed by atoms with van der Waals surface area (Å²) < 4.78 is 5.35. The minimum atomic E-state index is -0.224. The highest BCUT2D eigenvalue weighted by Crippen LogP contribution is 2.15. The van der Waals surface area contributed by atoms with E-state index >= 15 is 0 Å². The van der Waals surface area contributed by atoms with Gasteiger partial charge in [-0.15, -0.1) is 0 Å². The van der Waals surface area contributed by atoms with Crippen molar-refractivity contribution in [3.8, 4) is 0 Å². The Hall–Kier alpha value is -2.47. The van der Waals surface area contributed by atoms with Crippen LogP contribution in [0.1, 0.15) is 35.8 Å². The van der Waals surface area contributed by atoms with Crippen LogP contribution in [0, 0.1) is 0 Å². The van der Waals surface area contributed by atoms with Crippen LogP contribution in [-0.2, 0) is 11.2 Å². The predicted molar refractivity (Wildman–Crippen MR) is 98.1 cm³/mol. The summed E-state index contributed by atoms with van der Waals surface area (Å²) in [5.74, 6) is 0.539. The largest absolute Gasteiger partial charge is 0.378 e. The molecule has 0 radical (unpaired) electrons. The second kappa shape index (κ2) is 8.58. The molecule has 0 aliphatic carbocycles. The van der Waals surface area contributed by atoms with E-state index in [1.54, 1.807) is 6.07 Å². The molecule has 1 fully saturated rings. The zero-order chi connectivity index (χ0) is 17.5. The molecule has 132 valence electrons. The van der Waals surface area contributed by atoms with E-state index in [1.165, 1.54) is 24.7 Å². The molecule has 1 aromatic carbocycles. The Bertz CT molecular complexity index is 697. The van der Waals surface area contributed by atoms with Gasteiger partial charge in [0, 0.05) is 24.8 Å². The summed E-state index contributed by atoms with van der Waals surface area (Å²) >= 11 is 0. The van der Waals surface area contributed by atoms with Crippen LogP contribution in [0.25, 0.3) is 0 Å². The molecule has 0 bridgehead atoms. The number of anilines is 2. The van der Waals surface area contributed by atoms with Crippen molar-refractivity contribution in [1.82, 2.24) is 9.97 Å². The summed E-state index contributed by atoms with van der Waals surface area (Å²) in [5, 5.41) is 2.90. The van der Waals surface area contributed by atoms with Crippen LogP contribution in [0.15, 0.2) is 36.7 Å². The molecule has 6 heteroatoms. The van der Waals surface area contributed by atoms with Crippen molar-refractivity contribution in [3.63, 3.8) is 0 Å². The number of nitrogens with one attached hydrogen (secondary N) is 1. The Morgan fingerprint density at radius 2 is 1.96 bits per heavy atom. The van der Waals surface area contributed by atoms with E-state index in [-0.39, 0.29) is 5.91 Å². The van der Waals surface area contributed by atoms with Crippen LogP contribution in [-0.4, -0.2) is 42.2 Å². The number of benzene rings is 1. The lowest BCUT2D eigenvalue weighted by molar-refractivity contribution is 0.102. The molecule has 1 aliphatic heterocycles. The Morgan fingerprint density at radius 1 is 1.20 bits per heavy atom. The van der Waals surface area contributed by atoms with Crippen molar-refractivity contribution in [3.05, 3.63) is 47.9 Å². The molecule has 1 aliphatic rings. The molecule has 0 unspecified atom stereocenters. The minimum Gasteiger partial charge on any atom is -0.378 e. The first-order chi connectivity index (χ1) is 12.3. The molecule has 0 atom stereocenters. The van der Waals surface area contributed by atoms with Crippen molar-refractivity contribution >= 4 is 17.4 Å². The number of morpholine rings is 1. The number of aromatic nitrogens is 2. The van der Waals surface area contributed by atoms with Crippen LogP contribution in [0.5, 0.6) is 0 Å². The maximum Gasteiger partial charge on any atom is 0.274 e. The molecule has 25 heavy (non-hydrogen) atoms.